The molecule has 0 aromatic carbocycles. The molecule has 0 saturated heterocycles. The number of rotatable bonds is 8. The number of amides is 1. The van der Waals surface area contributed by atoms with Crippen LogP contribution in [0.3, 0.4) is 0 Å². The third-order valence-corrected chi connectivity index (χ3v) is 2.60. The maximum atomic E-state index is 11.6. The van der Waals surface area contributed by atoms with Crippen molar-refractivity contribution in [3.8, 4) is 0 Å². The van der Waals surface area contributed by atoms with E-state index in [4.69, 9.17) is 5.11 Å². The average molecular weight is 284 g/mol. The van der Waals surface area contributed by atoms with Gasteiger partial charge in [0, 0.05) is 25.4 Å². The number of nitrogens with zero attached hydrogens (tertiary/aromatic N) is 3. The van der Waals surface area contributed by atoms with Gasteiger partial charge in [0.25, 0.3) is 0 Å². The summed E-state index contributed by atoms with van der Waals surface area (Å²) in [4.78, 5) is 35.4. The molecule has 1 atom stereocenters. The average Bonchev–Trinajstić information content (AvgIpc) is 2.83. The smallest absolute Gasteiger partial charge is 0.381 e. The highest BCUT2D eigenvalue weighted by atomic mass is 16.6. The van der Waals surface area contributed by atoms with Gasteiger partial charge in [0.15, 0.2) is 0 Å². The molecule has 0 aliphatic rings. The summed E-state index contributed by atoms with van der Waals surface area (Å²) in [6.45, 7) is 2.00. The number of hydrogen-bond acceptors (Lipinski definition) is 5. The van der Waals surface area contributed by atoms with Crippen LogP contribution in [0.5, 0.6) is 0 Å². The van der Waals surface area contributed by atoms with Gasteiger partial charge >= 0.3 is 11.8 Å². The summed E-state index contributed by atoms with van der Waals surface area (Å²) in [7, 11) is 0. The van der Waals surface area contributed by atoms with Crippen LogP contribution in [-0.4, -0.2) is 37.5 Å². The van der Waals surface area contributed by atoms with Crippen LogP contribution >= 0.6 is 0 Å². The van der Waals surface area contributed by atoms with E-state index in [1.807, 2.05) is 0 Å². The van der Waals surface area contributed by atoms with Crippen LogP contribution < -0.4 is 5.32 Å². The second-order valence-corrected chi connectivity index (χ2v) is 4.38. The van der Waals surface area contributed by atoms with E-state index in [-0.39, 0.29) is 37.2 Å². The molecule has 1 unspecified atom stereocenters. The maximum Gasteiger partial charge on any atom is 0.381 e. The van der Waals surface area contributed by atoms with E-state index in [9.17, 15) is 19.7 Å². The number of carboxylic acids is 1. The number of carbonyl (C=O) groups excluding carboxylic acids is 1. The first kappa shape index (κ1) is 15.6. The molecule has 2 N–H and O–H groups in total. The Labute approximate surface area is 114 Å². The van der Waals surface area contributed by atoms with E-state index in [0.717, 1.165) is 0 Å². The first-order valence-electron chi connectivity index (χ1n) is 6.06. The van der Waals surface area contributed by atoms with Gasteiger partial charge in [-0.15, -0.1) is 0 Å². The lowest BCUT2D eigenvalue weighted by Gasteiger charge is -2.12. The predicted octanol–water partition coefficient (Wildman–Crippen LogP) is 0.551. The van der Waals surface area contributed by atoms with E-state index in [0.29, 0.717) is 6.42 Å². The Morgan fingerprint density at radius 1 is 1.55 bits per heavy atom. The molecule has 1 aromatic heterocycles. The van der Waals surface area contributed by atoms with Gasteiger partial charge in [-0.05, 0) is 23.3 Å². The molecule has 0 aliphatic carbocycles. The summed E-state index contributed by atoms with van der Waals surface area (Å²) in [5.74, 6) is -1.41. The van der Waals surface area contributed by atoms with E-state index < -0.39 is 10.9 Å². The Bertz CT molecular complexity index is 499. The van der Waals surface area contributed by atoms with Crippen molar-refractivity contribution in [2.24, 2.45) is 0 Å². The third-order valence-electron chi connectivity index (χ3n) is 2.60. The zero-order valence-corrected chi connectivity index (χ0v) is 11.0. The van der Waals surface area contributed by atoms with Crippen LogP contribution in [0, 0.1) is 10.1 Å². The quantitative estimate of drug-likeness (QED) is 0.530. The summed E-state index contributed by atoms with van der Waals surface area (Å²) in [5.41, 5.74) is 0. The van der Waals surface area contributed by atoms with Crippen LogP contribution in [0.1, 0.15) is 26.2 Å². The third kappa shape index (κ3) is 5.46. The van der Waals surface area contributed by atoms with Gasteiger partial charge in [0.2, 0.25) is 12.2 Å². The van der Waals surface area contributed by atoms with Crippen LogP contribution in [0.25, 0.3) is 0 Å². The minimum Gasteiger partial charge on any atom is -0.481 e. The number of aryl methyl sites for hydroxylation is 1. The number of hydrogen-bond donors (Lipinski definition) is 2. The molecule has 0 bridgehead atoms. The Morgan fingerprint density at radius 3 is 2.80 bits per heavy atom. The van der Waals surface area contributed by atoms with Gasteiger partial charge in [-0.1, -0.05) is 0 Å². The minimum absolute atomic E-state index is 0.00480. The molecular weight excluding hydrogens is 268 g/mol. The Balaban J connectivity index is 2.31. The predicted molar refractivity (Wildman–Crippen MR) is 68.0 cm³/mol. The lowest BCUT2D eigenvalue weighted by molar-refractivity contribution is -0.389. The molecule has 0 radical (unpaired) electrons. The van der Waals surface area contributed by atoms with Crippen LogP contribution in [-0.2, 0) is 16.1 Å². The molecule has 9 heteroatoms. The zero-order chi connectivity index (χ0) is 15.1. The molecule has 9 nitrogen and oxygen atoms in total. The van der Waals surface area contributed by atoms with Crippen molar-refractivity contribution in [2.75, 3.05) is 0 Å². The fraction of sp³-hybridized carbons (Fsp3) is 0.545. The number of nitrogens with one attached hydrogen (secondary N) is 1. The number of aromatic nitrogens is 2. The second kappa shape index (κ2) is 7.22. The highest BCUT2D eigenvalue weighted by Crippen LogP contribution is 2.06. The summed E-state index contributed by atoms with van der Waals surface area (Å²) in [5, 5.41) is 21.6. The molecule has 1 heterocycles. The zero-order valence-electron chi connectivity index (χ0n) is 11.0. The van der Waals surface area contributed by atoms with Crippen LogP contribution in [0.15, 0.2) is 12.5 Å². The number of nitro groups is 1. The molecule has 110 valence electrons. The number of imidazole rings is 1. The van der Waals surface area contributed by atoms with E-state index in [2.05, 4.69) is 10.3 Å². The lowest BCUT2D eigenvalue weighted by atomic mass is 10.2. The largest absolute Gasteiger partial charge is 0.481 e. The van der Waals surface area contributed by atoms with E-state index >= 15 is 0 Å². The maximum absolute atomic E-state index is 11.6. The van der Waals surface area contributed by atoms with E-state index in [1.54, 1.807) is 6.92 Å². The van der Waals surface area contributed by atoms with Crippen molar-refractivity contribution >= 4 is 17.7 Å². The Kier molecular flexibility index (Phi) is 5.63. The van der Waals surface area contributed by atoms with Gasteiger partial charge in [-0.3, -0.25) is 9.59 Å². The molecule has 0 saturated carbocycles. The minimum atomic E-state index is -0.906. The first-order chi connectivity index (χ1) is 9.38. The van der Waals surface area contributed by atoms with Crippen molar-refractivity contribution < 1.29 is 19.6 Å². The monoisotopic (exact) mass is 284 g/mol. The van der Waals surface area contributed by atoms with Crippen molar-refractivity contribution in [3.63, 3.8) is 0 Å². The standard InChI is InChI=1S/C11H16N4O5/c1-8(2-3-11(17)18)13-10(16)4-5-14-6-9(12-7-14)15(19)20/h6-8H,2-5H2,1H3,(H,13,16)(H,17,18). The Morgan fingerprint density at radius 2 is 2.25 bits per heavy atom. The fourth-order valence-corrected chi connectivity index (χ4v) is 1.55. The number of carbonyl (C=O) groups is 2. The lowest BCUT2D eigenvalue weighted by Crippen LogP contribution is -2.33. The highest BCUT2D eigenvalue weighted by Gasteiger charge is 2.12. The molecule has 1 rings (SSSR count). The van der Waals surface area contributed by atoms with Crippen LogP contribution in [0.2, 0.25) is 0 Å². The fourth-order valence-electron chi connectivity index (χ4n) is 1.55. The van der Waals surface area contributed by atoms with Gasteiger partial charge in [0.1, 0.15) is 6.20 Å². The number of aliphatic carboxylic acids is 1. The van der Waals surface area contributed by atoms with Crippen molar-refractivity contribution in [3.05, 3.63) is 22.6 Å². The normalized spacial score (nSPS) is 11.8. The molecule has 0 spiro atoms. The molecule has 1 aromatic rings. The highest BCUT2D eigenvalue weighted by molar-refractivity contribution is 5.76. The second-order valence-electron chi connectivity index (χ2n) is 4.38. The van der Waals surface area contributed by atoms with Crippen molar-refractivity contribution in [1.29, 1.82) is 0 Å². The molecule has 0 aliphatic heterocycles. The van der Waals surface area contributed by atoms with Crippen molar-refractivity contribution in [1.82, 2.24) is 14.9 Å². The summed E-state index contributed by atoms with van der Waals surface area (Å²) >= 11 is 0. The van der Waals surface area contributed by atoms with Gasteiger partial charge in [0.05, 0.1) is 0 Å². The van der Waals surface area contributed by atoms with Gasteiger partial charge < -0.3 is 25.1 Å². The first-order valence-corrected chi connectivity index (χ1v) is 6.06. The number of carboxylic acid groups (broad SMARTS) is 1. The molecule has 0 fully saturated rings. The summed E-state index contributed by atoms with van der Waals surface area (Å²) in [6, 6.07) is -0.226. The SMILES string of the molecule is CC(CCC(=O)O)NC(=O)CCn1cnc([N+](=O)[O-])c1. The molecular formula is C11H16N4O5. The Hall–Kier alpha value is -2.45. The van der Waals surface area contributed by atoms with Crippen LogP contribution in [0.4, 0.5) is 5.82 Å². The summed E-state index contributed by atoms with van der Waals surface area (Å²) in [6.07, 6.45) is 3.04. The van der Waals surface area contributed by atoms with E-state index in [1.165, 1.54) is 17.1 Å². The van der Waals surface area contributed by atoms with Gasteiger partial charge in [-0.25, -0.2) is 0 Å². The topological polar surface area (TPSA) is 127 Å². The van der Waals surface area contributed by atoms with Crippen molar-refractivity contribution in [2.45, 2.75) is 38.8 Å². The molecule has 1 amide bonds. The summed E-state index contributed by atoms with van der Waals surface area (Å²) < 4.78 is 1.46. The van der Waals surface area contributed by atoms with Gasteiger partial charge in [-0.2, -0.15) is 0 Å². The molecule has 20 heavy (non-hydrogen) atoms.